The summed E-state index contributed by atoms with van der Waals surface area (Å²) >= 11 is 12.2. The van der Waals surface area contributed by atoms with E-state index >= 15 is 0 Å². The Hall–Kier alpha value is -0.400. The Morgan fingerprint density at radius 2 is 2.13 bits per heavy atom. The molecule has 0 aliphatic heterocycles. The van der Waals surface area contributed by atoms with Gasteiger partial charge in [-0.2, -0.15) is 0 Å². The highest BCUT2D eigenvalue weighted by molar-refractivity contribution is 6.33. The first-order chi connectivity index (χ1) is 7.27. The average molecular weight is 244 g/mol. The zero-order valence-corrected chi connectivity index (χ0v) is 10.4. The SMILES string of the molecule is CCN(c1c(Cl)cccc1CCl)C1CC1. The fraction of sp³-hybridized carbons (Fsp3) is 0.500. The highest BCUT2D eigenvalue weighted by Gasteiger charge is 2.30. The summed E-state index contributed by atoms with van der Waals surface area (Å²) in [6.07, 6.45) is 2.56. The monoisotopic (exact) mass is 243 g/mol. The lowest BCUT2D eigenvalue weighted by Crippen LogP contribution is -2.26. The van der Waals surface area contributed by atoms with Crippen LogP contribution in [0.15, 0.2) is 18.2 Å². The van der Waals surface area contributed by atoms with E-state index in [1.165, 1.54) is 12.8 Å². The van der Waals surface area contributed by atoms with E-state index in [-0.39, 0.29) is 0 Å². The minimum absolute atomic E-state index is 0.527. The Kier molecular flexibility index (Phi) is 3.42. The fourth-order valence-electron chi connectivity index (χ4n) is 1.97. The maximum Gasteiger partial charge on any atom is 0.0642 e. The van der Waals surface area contributed by atoms with Gasteiger partial charge in [-0.3, -0.25) is 0 Å². The highest BCUT2D eigenvalue weighted by Crippen LogP contribution is 2.38. The number of anilines is 1. The Labute approximate surface area is 101 Å². The van der Waals surface area contributed by atoms with Crippen LogP contribution in [0.5, 0.6) is 0 Å². The van der Waals surface area contributed by atoms with Gasteiger partial charge in [-0.15, -0.1) is 11.6 Å². The molecule has 0 unspecified atom stereocenters. The van der Waals surface area contributed by atoms with Gasteiger partial charge in [0.25, 0.3) is 0 Å². The van der Waals surface area contributed by atoms with E-state index in [4.69, 9.17) is 23.2 Å². The van der Waals surface area contributed by atoms with Crippen LogP contribution in [0.25, 0.3) is 0 Å². The van der Waals surface area contributed by atoms with Gasteiger partial charge in [0.15, 0.2) is 0 Å². The molecule has 1 aliphatic rings. The van der Waals surface area contributed by atoms with Crippen LogP contribution in [-0.4, -0.2) is 12.6 Å². The van der Waals surface area contributed by atoms with Crippen molar-refractivity contribution in [2.24, 2.45) is 0 Å². The Morgan fingerprint density at radius 1 is 1.40 bits per heavy atom. The molecule has 3 heteroatoms. The molecule has 1 saturated carbocycles. The summed E-state index contributed by atoms with van der Waals surface area (Å²) < 4.78 is 0. The Morgan fingerprint density at radius 3 is 2.67 bits per heavy atom. The summed E-state index contributed by atoms with van der Waals surface area (Å²) in [5.41, 5.74) is 2.28. The van der Waals surface area contributed by atoms with Crippen molar-refractivity contribution in [2.75, 3.05) is 11.4 Å². The minimum Gasteiger partial charge on any atom is -0.367 e. The zero-order valence-electron chi connectivity index (χ0n) is 8.84. The molecule has 0 saturated heterocycles. The average Bonchev–Trinajstić information content (AvgIpc) is 3.05. The first kappa shape index (κ1) is 11.1. The second kappa shape index (κ2) is 4.63. The molecular weight excluding hydrogens is 229 g/mol. The van der Waals surface area contributed by atoms with E-state index in [9.17, 15) is 0 Å². The lowest BCUT2D eigenvalue weighted by Gasteiger charge is -2.26. The Bertz CT molecular complexity index is 347. The van der Waals surface area contributed by atoms with Crippen LogP contribution in [0.1, 0.15) is 25.3 Å². The van der Waals surface area contributed by atoms with Gasteiger partial charge in [-0.1, -0.05) is 23.7 Å². The molecule has 1 fully saturated rings. The van der Waals surface area contributed by atoms with Gasteiger partial charge in [-0.05, 0) is 31.4 Å². The van der Waals surface area contributed by atoms with Gasteiger partial charge in [-0.25, -0.2) is 0 Å². The third-order valence-corrected chi connectivity index (χ3v) is 3.42. The van der Waals surface area contributed by atoms with Crippen molar-refractivity contribution in [3.05, 3.63) is 28.8 Å². The molecule has 0 atom stereocenters. The molecule has 1 nitrogen and oxygen atoms in total. The standard InChI is InChI=1S/C12H15Cl2N/c1-2-15(10-6-7-10)12-9(8-13)4-3-5-11(12)14/h3-5,10H,2,6-8H2,1H3. The van der Waals surface area contributed by atoms with Crippen molar-refractivity contribution in [1.82, 2.24) is 0 Å². The first-order valence-corrected chi connectivity index (χ1v) is 6.29. The summed E-state index contributed by atoms with van der Waals surface area (Å²) in [6.45, 7) is 3.16. The van der Waals surface area contributed by atoms with Crippen LogP contribution in [0.3, 0.4) is 0 Å². The van der Waals surface area contributed by atoms with Gasteiger partial charge in [0.1, 0.15) is 0 Å². The van der Waals surface area contributed by atoms with Crippen LogP contribution < -0.4 is 4.90 Å². The molecule has 0 bridgehead atoms. The van der Waals surface area contributed by atoms with Crippen molar-refractivity contribution >= 4 is 28.9 Å². The van der Waals surface area contributed by atoms with Gasteiger partial charge >= 0.3 is 0 Å². The summed E-state index contributed by atoms with van der Waals surface area (Å²) in [6, 6.07) is 6.64. The summed E-state index contributed by atoms with van der Waals surface area (Å²) in [5.74, 6) is 0.527. The number of hydrogen-bond donors (Lipinski definition) is 0. The fourth-order valence-corrected chi connectivity index (χ4v) is 2.49. The maximum absolute atomic E-state index is 6.25. The number of rotatable bonds is 4. The van der Waals surface area contributed by atoms with E-state index in [1.54, 1.807) is 0 Å². The van der Waals surface area contributed by atoms with Crippen molar-refractivity contribution in [1.29, 1.82) is 0 Å². The Balaban J connectivity index is 2.38. The molecular formula is C12H15Cl2N. The maximum atomic E-state index is 6.25. The van der Waals surface area contributed by atoms with Crippen molar-refractivity contribution in [3.63, 3.8) is 0 Å². The third-order valence-electron chi connectivity index (χ3n) is 2.83. The van der Waals surface area contributed by atoms with Gasteiger partial charge in [0, 0.05) is 18.5 Å². The van der Waals surface area contributed by atoms with E-state index in [2.05, 4.69) is 17.9 Å². The van der Waals surface area contributed by atoms with Crippen molar-refractivity contribution in [2.45, 2.75) is 31.7 Å². The van der Waals surface area contributed by atoms with E-state index in [1.807, 2.05) is 12.1 Å². The van der Waals surface area contributed by atoms with Gasteiger partial charge < -0.3 is 4.90 Å². The van der Waals surface area contributed by atoms with Crippen LogP contribution in [0, 0.1) is 0 Å². The summed E-state index contributed by atoms with van der Waals surface area (Å²) in [4.78, 5) is 2.38. The number of nitrogens with zero attached hydrogens (tertiary/aromatic N) is 1. The molecule has 1 aromatic carbocycles. The highest BCUT2D eigenvalue weighted by atomic mass is 35.5. The second-order valence-corrected chi connectivity index (χ2v) is 4.57. The summed E-state index contributed by atoms with van der Waals surface area (Å²) in [7, 11) is 0. The normalized spacial score (nSPS) is 15.4. The number of halogens is 2. The topological polar surface area (TPSA) is 3.24 Å². The quantitative estimate of drug-likeness (QED) is 0.721. The van der Waals surface area contributed by atoms with Crippen LogP contribution in [0.4, 0.5) is 5.69 Å². The number of para-hydroxylation sites is 1. The number of hydrogen-bond acceptors (Lipinski definition) is 1. The number of alkyl halides is 1. The second-order valence-electron chi connectivity index (χ2n) is 3.90. The van der Waals surface area contributed by atoms with E-state index in [0.717, 1.165) is 22.8 Å². The molecule has 1 aliphatic carbocycles. The van der Waals surface area contributed by atoms with Crippen LogP contribution in [0.2, 0.25) is 5.02 Å². The molecule has 82 valence electrons. The van der Waals surface area contributed by atoms with Crippen LogP contribution >= 0.6 is 23.2 Å². The molecule has 0 amide bonds. The molecule has 0 heterocycles. The predicted molar refractivity (Wildman–Crippen MR) is 67.1 cm³/mol. The van der Waals surface area contributed by atoms with Crippen molar-refractivity contribution in [3.8, 4) is 0 Å². The molecule has 2 rings (SSSR count). The largest absolute Gasteiger partial charge is 0.367 e. The molecule has 15 heavy (non-hydrogen) atoms. The van der Waals surface area contributed by atoms with Gasteiger partial charge in [0.2, 0.25) is 0 Å². The van der Waals surface area contributed by atoms with E-state index in [0.29, 0.717) is 11.9 Å². The van der Waals surface area contributed by atoms with Crippen molar-refractivity contribution < 1.29 is 0 Å². The van der Waals surface area contributed by atoms with E-state index < -0.39 is 0 Å². The molecule has 0 aromatic heterocycles. The summed E-state index contributed by atoms with van der Waals surface area (Å²) in [5, 5.41) is 0.821. The zero-order chi connectivity index (χ0) is 10.8. The minimum atomic E-state index is 0.527. The predicted octanol–water partition coefficient (Wildman–Crippen LogP) is 4.07. The molecule has 1 aromatic rings. The number of benzene rings is 1. The molecule has 0 N–H and O–H groups in total. The first-order valence-electron chi connectivity index (χ1n) is 5.38. The molecule has 0 radical (unpaired) electrons. The third kappa shape index (κ3) is 2.24. The molecule has 0 spiro atoms. The lowest BCUT2D eigenvalue weighted by atomic mass is 10.1. The van der Waals surface area contributed by atoms with Gasteiger partial charge in [0.05, 0.1) is 10.7 Å². The lowest BCUT2D eigenvalue weighted by molar-refractivity contribution is 0.822. The smallest absolute Gasteiger partial charge is 0.0642 e. The van der Waals surface area contributed by atoms with Crippen LogP contribution in [-0.2, 0) is 5.88 Å².